The summed E-state index contributed by atoms with van der Waals surface area (Å²) >= 11 is 0. The van der Waals surface area contributed by atoms with Gasteiger partial charge in [0.1, 0.15) is 11.7 Å². The van der Waals surface area contributed by atoms with Gasteiger partial charge in [-0.3, -0.25) is 9.59 Å². The van der Waals surface area contributed by atoms with Crippen molar-refractivity contribution in [3.63, 3.8) is 0 Å². The lowest BCUT2D eigenvalue weighted by molar-refractivity contribution is -0.129. The maximum absolute atomic E-state index is 12.9. The minimum Gasteiger partial charge on any atom is -0.350 e. The molecule has 0 aliphatic carbocycles. The van der Waals surface area contributed by atoms with E-state index in [1.165, 1.54) is 11.1 Å². The summed E-state index contributed by atoms with van der Waals surface area (Å²) in [6.45, 7) is 7.35. The number of rotatable bonds is 5. The Morgan fingerprint density at radius 3 is 2.59 bits per heavy atom. The van der Waals surface area contributed by atoms with E-state index in [2.05, 4.69) is 41.5 Å². The van der Waals surface area contributed by atoms with Crippen LogP contribution in [0.25, 0.3) is 10.9 Å². The van der Waals surface area contributed by atoms with E-state index >= 15 is 0 Å². The zero-order valence-electron chi connectivity index (χ0n) is 17.2. The van der Waals surface area contributed by atoms with Crippen LogP contribution < -0.4 is 5.32 Å². The topological polar surface area (TPSA) is 65.2 Å². The lowest BCUT2D eigenvalue weighted by Crippen LogP contribution is -2.41. The van der Waals surface area contributed by atoms with E-state index in [4.69, 9.17) is 0 Å². The number of hydrogen-bond acceptors (Lipinski definition) is 2. The zero-order chi connectivity index (χ0) is 20.5. The van der Waals surface area contributed by atoms with Crippen molar-refractivity contribution in [3.8, 4) is 0 Å². The van der Waals surface area contributed by atoms with Crippen LogP contribution >= 0.6 is 0 Å². The number of amides is 2. The average molecular weight is 389 g/mol. The number of likely N-dealkylation sites (tertiary alicyclic amines) is 1. The number of carbonyl (C=O) groups excluding carboxylic acids is 2. The molecule has 1 atom stereocenters. The Morgan fingerprint density at radius 1 is 1.14 bits per heavy atom. The molecule has 2 heterocycles. The summed E-state index contributed by atoms with van der Waals surface area (Å²) in [5.41, 5.74) is 5.96. The molecule has 0 spiro atoms. The number of H-pyrrole nitrogens is 1. The van der Waals surface area contributed by atoms with Crippen molar-refractivity contribution in [1.29, 1.82) is 0 Å². The molecular weight excluding hydrogens is 362 g/mol. The van der Waals surface area contributed by atoms with Gasteiger partial charge in [-0.15, -0.1) is 0 Å². The largest absolute Gasteiger partial charge is 0.350 e. The van der Waals surface area contributed by atoms with Crippen molar-refractivity contribution >= 4 is 22.7 Å². The van der Waals surface area contributed by atoms with Crippen molar-refractivity contribution in [2.24, 2.45) is 0 Å². The molecule has 150 valence electrons. The Hall–Kier alpha value is -3.08. The van der Waals surface area contributed by atoms with Gasteiger partial charge >= 0.3 is 0 Å². The third kappa shape index (κ3) is 3.77. The number of aromatic amines is 1. The first-order chi connectivity index (χ1) is 14.0. The molecule has 1 aromatic heterocycles. The van der Waals surface area contributed by atoms with E-state index in [-0.39, 0.29) is 11.8 Å². The smallest absolute Gasteiger partial charge is 0.268 e. The number of nitrogens with one attached hydrogen (secondary N) is 2. The predicted molar refractivity (Wildman–Crippen MR) is 115 cm³/mol. The van der Waals surface area contributed by atoms with Gasteiger partial charge in [0.15, 0.2) is 0 Å². The molecular formula is C24H27N3O2. The van der Waals surface area contributed by atoms with E-state index in [0.29, 0.717) is 25.2 Å². The Balaban J connectivity index is 1.46. The molecule has 1 saturated heterocycles. The highest BCUT2D eigenvalue weighted by Crippen LogP contribution is 2.24. The van der Waals surface area contributed by atoms with Gasteiger partial charge in [-0.05, 0) is 55.5 Å². The summed E-state index contributed by atoms with van der Waals surface area (Å²) in [5, 5.41) is 4.00. The molecule has 0 radical (unpaired) electrons. The molecule has 1 fully saturated rings. The van der Waals surface area contributed by atoms with E-state index in [1.807, 2.05) is 36.9 Å². The molecule has 2 N–H and O–H groups in total. The fourth-order valence-electron chi connectivity index (χ4n) is 3.99. The highest BCUT2D eigenvalue weighted by Gasteiger charge is 2.33. The molecule has 3 aromatic rings. The Kier molecular flexibility index (Phi) is 5.14. The summed E-state index contributed by atoms with van der Waals surface area (Å²) in [5.74, 6) is -0.228. The van der Waals surface area contributed by atoms with Crippen LogP contribution in [0.3, 0.4) is 0 Å². The Labute approximate surface area is 171 Å². The predicted octanol–water partition coefficient (Wildman–Crippen LogP) is 3.88. The molecule has 0 saturated carbocycles. The van der Waals surface area contributed by atoms with Crippen molar-refractivity contribution in [1.82, 2.24) is 15.2 Å². The normalized spacial score (nSPS) is 16.6. The van der Waals surface area contributed by atoms with Crippen LogP contribution in [0.1, 0.15) is 46.1 Å². The average Bonchev–Trinajstić information content (AvgIpc) is 3.24. The van der Waals surface area contributed by atoms with Gasteiger partial charge < -0.3 is 15.2 Å². The molecule has 5 heteroatoms. The number of nitrogens with zero attached hydrogens (tertiary/aromatic N) is 1. The second kappa shape index (κ2) is 7.74. The lowest BCUT2D eigenvalue weighted by Gasteiger charge is -2.17. The maximum atomic E-state index is 12.9. The van der Waals surface area contributed by atoms with E-state index < -0.39 is 6.04 Å². The standard InChI is InChI=1S/C24H27N3O2/c1-4-17-9-10-20-19(13-17)16(3)22(25-20)23(28)26-21-11-12-27(24(21)29)14-18-7-5-15(2)6-8-18/h5-10,13,21,25H,4,11-12,14H2,1-3H3,(H,26,28). The van der Waals surface area contributed by atoms with Gasteiger partial charge in [-0.2, -0.15) is 0 Å². The van der Waals surface area contributed by atoms with Crippen LogP contribution in [-0.2, 0) is 17.8 Å². The van der Waals surface area contributed by atoms with Gasteiger partial charge in [0, 0.05) is 24.0 Å². The molecule has 1 aliphatic rings. The second-order valence-electron chi connectivity index (χ2n) is 7.92. The first-order valence-electron chi connectivity index (χ1n) is 10.2. The number of aryl methyl sites for hydroxylation is 3. The van der Waals surface area contributed by atoms with Crippen molar-refractivity contribution in [3.05, 3.63) is 70.4 Å². The van der Waals surface area contributed by atoms with Crippen LogP contribution in [0.5, 0.6) is 0 Å². The molecule has 1 unspecified atom stereocenters. The summed E-state index contributed by atoms with van der Waals surface area (Å²) < 4.78 is 0. The zero-order valence-corrected chi connectivity index (χ0v) is 17.2. The van der Waals surface area contributed by atoms with E-state index in [0.717, 1.165) is 28.5 Å². The van der Waals surface area contributed by atoms with Crippen molar-refractivity contribution in [2.75, 3.05) is 6.54 Å². The maximum Gasteiger partial charge on any atom is 0.268 e. The number of carbonyl (C=O) groups is 2. The minimum atomic E-state index is -0.468. The van der Waals surface area contributed by atoms with Gasteiger partial charge in [-0.1, -0.05) is 42.8 Å². The monoisotopic (exact) mass is 389 g/mol. The molecule has 2 amide bonds. The number of benzene rings is 2. The van der Waals surface area contributed by atoms with Crippen LogP contribution in [-0.4, -0.2) is 34.3 Å². The number of aromatic nitrogens is 1. The molecule has 5 nitrogen and oxygen atoms in total. The number of fused-ring (bicyclic) bond motifs is 1. The van der Waals surface area contributed by atoms with Crippen LogP contribution in [0.15, 0.2) is 42.5 Å². The first-order valence-corrected chi connectivity index (χ1v) is 10.2. The van der Waals surface area contributed by atoms with Crippen molar-refractivity contribution < 1.29 is 9.59 Å². The summed E-state index contributed by atoms with van der Waals surface area (Å²) in [4.78, 5) is 30.7. The second-order valence-corrected chi connectivity index (χ2v) is 7.92. The van der Waals surface area contributed by atoms with E-state index in [1.54, 1.807) is 0 Å². The summed E-state index contributed by atoms with van der Waals surface area (Å²) in [6, 6.07) is 14.0. The van der Waals surface area contributed by atoms with Gasteiger partial charge in [-0.25, -0.2) is 0 Å². The highest BCUT2D eigenvalue weighted by molar-refractivity contribution is 6.02. The molecule has 29 heavy (non-hydrogen) atoms. The fraction of sp³-hybridized carbons (Fsp3) is 0.333. The van der Waals surface area contributed by atoms with Crippen molar-refractivity contribution in [2.45, 2.75) is 46.2 Å². The van der Waals surface area contributed by atoms with Crippen LogP contribution in [0.2, 0.25) is 0 Å². The lowest BCUT2D eigenvalue weighted by atomic mass is 10.1. The third-order valence-electron chi connectivity index (χ3n) is 5.85. The van der Waals surface area contributed by atoms with Crippen LogP contribution in [0, 0.1) is 13.8 Å². The molecule has 4 rings (SSSR count). The molecule has 1 aliphatic heterocycles. The Morgan fingerprint density at radius 2 is 1.86 bits per heavy atom. The van der Waals surface area contributed by atoms with Gasteiger partial charge in [0.05, 0.1) is 0 Å². The first kappa shape index (κ1) is 19.2. The SMILES string of the molecule is CCc1ccc2[nH]c(C(=O)NC3CCN(Cc4ccc(C)cc4)C3=O)c(C)c2c1. The molecule has 2 aromatic carbocycles. The summed E-state index contributed by atoms with van der Waals surface area (Å²) in [7, 11) is 0. The van der Waals surface area contributed by atoms with Gasteiger partial charge in [0.25, 0.3) is 5.91 Å². The van der Waals surface area contributed by atoms with Crippen LogP contribution in [0.4, 0.5) is 0 Å². The number of hydrogen-bond donors (Lipinski definition) is 2. The fourth-order valence-corrected chi connectivity index (χ4v) is 3.99. The quantitative estimate of drug-likeness (QED) is 0.696. The van der Waals surface area contributed by atoms with Gasteiger partial charge in [0.2, 0.25) is 5.91 Å². The molecule has 0 bridgehead atoms. The third-order valence-corrected chi connectivity index (χ3v) is 5.85. The minimum absolute atomic E-state index is 0.0130. The Bertz CT molecular complexity index is 1070. The summed E-state index contributed by atoms with van der Waals surface area (Å²) in [6.07, 6.45) is 1.59. The highest BCUT2D eigenvalue weighted by atomic mass is 16.2. The van der Waals surface area contributed by atoms with E-state index in [9.17, 15) is 9.59 Å².